The number of benzene rings is 1. The summed E-state index contributed by atoms with van der Waals surface area (Å²) in [7, 11) is 0. The number of aryl methyl sites for hydroxylation is 1. The van der Waals surface area contributed by atoms with Crippen LogP contribution in [0.25, 0.3) is 0 Å². The maximum Gasteiger partial charge on any atom is 0.118 e. The number of piperidine rings is 1. The van der Waals surface area contributed by atoms with Crippen molar-refractivity contribution in [3.05, 3.63) is 53.0 Å². The molecular weight excluding hydrogens is 310 g/mol. The number of nitrogens with zero attached hydrogens (tertiary/aromatic N) is 1. The van der Waals surface area contributed by atoms with Crippen LogP contribution in [0.15, 0.2) is 34.7 Å². The fourth-order valence-electron chi connectivity index (χ4n) is 6.04. The van der Waals surface area contributed by atoms with E-state index in [4.69, 9.17) is 4.42 Å². The Bertz CT molecular complexity index is 795. The molecule has 1 aromatic heterocycles. The number of hydrogen-bond donors (Lipinski definition) is 1. The molecule has 1 aromatic carbocycles. The number of aromatic hydroxyl groups is 1. The minimum Gasteiger partial charge on any atom is -0.508 e. The van der Waals surface area contributed by atoms with Gasteiger partial charge in [-0.3, -0.25) is 4.90 Å². The first-order valence-corrected chi connectivity index (χ1v) is 9.77. The maximum absolute atomic E-state index is 10.1. The number of likely N-dealkylation sites (tertiary alicyclic amines) is 1. The highest BCUT2D eigenvalue weighted by atomic mass is 16.3. The third kappa shape index (κ3) is 2.36. The van der Waals surface area contributed by atoms with E-state index >= 15 is 0 Å². The Labute approximate surface area is 149 Å². The molecule has 2 fully saturated rings. The van der Waals surface area contributed by atoms with Gasteiger partial charge in [0.15, 0.2) is 0 Å². The van der Waals surface area contributed by atoms with E-state index in [9.17, 15) is 5.11 Å². The molecule has 1 N–H and O–H groups in total. The Balaban J connectivity index is 1.53. The van der Waals surface area contributed by atoms with E-state index in [0.717, 1.165) is 36.9 Å². The molecule has 1 saturated carbocycles. The monoisotopic (exact) mass is 337 g/mol. The molecular formula is C22H27NO2. The van der Waals surface area contributed by atoms with Crippen LogP contribution in [0.5, 0.6) is 5.75 Å². The Morgan fingerprint density at radius 2 is 2.12 bits per heavy atom. The summed E-state index contributed by atoms with van der Waals surface area (Å²) in [5.41, 5.74) is 3.22. The van der Waals surface area contributed by atoms with Crippen molar-refractivity contribution in [1.29, 1.82) is 0 Å². The molecule has 3 atom stereocenters. The molecule has 2 bridgehead atoms. The lowest BCUT2D eigenvalue weighted by Gasteiger charge is -2.59. The summed E-state index contributed by atoms with van der Waals surface area (Å²) in [6.45, 7) is 4.09. The minimum atomic E-state index is 0.296. The van der Waals surface area contributed by atoms with E-state index in [2.05, 4.69) is 29.2 Å². The fourth-order valence-corrected chi connectivity index (χ4v) is 6.04. The highest BCUT2D eigenvalue weighted by molar-refractivity contribution is 5.45. The first-order chi connectivity index (χ1) is 12.2. The summed E-state index contributed by atoms with van der Waals surface area (Å²) in [5, 5.41) is 10.1. The summed E-state index contributed by atoms with van der Waals surface area (Å²) in [4.78, 5) is 2.67. The predicted octanol–water partition coefficient (Wildman–Crippen LogP) is 4.55. The quantitative estimate of drug-likeness (QED) is 0.873. The topological polar surface area (TPSA) is 36.6 Å². The molecule has 2 aliphatic carbocycles. The van der Waals surface area contributed by atoms with E-state index in [1.54, 1.807) is 0 Å². The van der Waals surface area contributed by atoms with E-state index < -0.39 is 0 Å². The van der Waals surface area contributed by atoms with Gasteiger partial charge in [0.05, 0.1) is 6.54 Å². The smallest absolute Gasteiger partial charge is 0.118 e. The van der Waals surface area contributed by atoms with Gasteiger partial charge in [0.2, 0.25) is 0 Å². The van der Waals surface area contributed by atoms with Gasteiger partial charge in [0, 0.05) is 11.5 Å². The van der Waals surface area contributed by atoms with Crippen LogP contribution in [0.3, 0.4) is 0 Å². The number of rotatable bonds is 2. The van der Waals surface area contributed by atoms with Gasteiger partial charge in [-0.1, -0.05) is 18.9 Å². The molecule has 3 nitrogen and oxygen atoms in total. The van der Waals surface area contributed by atoms with Gasteiger partial charge in [-0.15, -0.1) is 0 Å². The van der Waals surface area contributed by atoms with Crippen LogP contribution in [-0.2, 0) is 18.4 Å². The number of fused-ring (bicyclic) bond motifs is 1. The van der Waals surface area contributed by atoms with Crippen molar-refractivity contribution in [2.24, 2.45) is 5.92 Å². The molecule has 5 rings (SSSR count). The Morgan fingerprint density at radius 3 is 2.96 bits per heavy atom. The first kappa shape index (κ1) is 15.5. The molecule has 1 aliphatic heterocycles. The summed E-state index contributed by atoms with van der Waals surface area (Å²) in [6, 6.07) is 10.9. The van der Waals surface area contributed by atoms with Crippen molar-refractivity contribution in [2.75, 3.05) is 6.54 Å². The average molecular weight is 337 g/mol. The van der Waals surface area contributed by atoms with Crippen LogP contribution < -0.4 is 0 Å². The minimum absolute atomic E-state index is 0.296. The first-order valence-electron chi connectivity index (χ1n) is 9.77. The van der Waals surface area contributed by atoms with Crippen molar-refractivity contribution in [3.8, 4) is 5.75 Å². The van der Waals surface area contributed by atoms with Crippen LogP contribution in [0.4, 0.5) is 0 Å². The number of phenolic OH excluding ortho intramolecular Hbond substituents is 1. The zero-order chi connectivity index (χ0) is 17.0. The third-order valence-electron chi connectivity index (χ3n) is 7.09. The Kier molecular flexibility index (Phi) is 3.50. The summed E-state index contributed by atoms with van der Waals surface area (Å²) < 4.78 is 5.87. The fraction of sp³-hybridized carbons (Fsp3) is 0.545. The molecule has 3 heteroatoms. The zero-order valence-electron chi connectivity index (χ0n) is 15.0. The zero-order valence-corrected chi connectivity index (χ0v) is 15.0. The van der Waals surface area contributed by atoms with Gasteiger partial charge in [0.25, 0.3) is 0 Å². The summed E-state index contributed by atoms with van der Waals surface area (Å²) in [6.07, 6.45) is 7.62. The normalized spacial score (nSPS) is 31.4. The average Bonchev–Trinajstić information content (AvgIpc) is 3.03. The second-order valence-electron chi connectivity index (χ2n) is 8.35. The number of furan rings is 1. The lowest BCUT2D eigenvalue weighted by Crippen LogP contribution is -2.60. The Hall–Kier alpha value is -1.74. The molecule has 0 unspecified atom stereocenters. The third-order valence-corrected chi connectivity index (χ3v) is 7.09. The Morgan fingerprint density at radius 1 is 1.20 bits per heavy atom. The number of hydrogen-bond acceptors (Lipinski definition) is 3. The van der Waals surface area contributed by atoms with Crippen molar-refractivity contribution < 1.29 is 9.52 Å². The van der Waals surface area contributed by atoms with Crippen LogP contribution in [0.2, 0.25) is 0 Å². The molecule has 0 spiro atoms. The van der Waals surface area contributed by atoms with Crippen molar-refractivity contribution in [3.63, 3.8) is 0 Å². The number of phenols is 1. The van der Waals surface area contributed by atoms with Gasteiger partial charge in [-0.05, 0) is 80.5 Å². The highest BCUT2D eigenvalue weighted by Gasteiger charge is 2.53. The second kappa shape index (κ2) is 5.63. The lowest BCUT2D eigenvalue weighted by molar-refractivity contribution is -0.0186. The standard InChI is InChI=1S/C22H27NO2/c1-15-5-8-18(25-15)14-23-11-10-22-9-3-2-4-19(22)21(23)12-16-6-7-17(24)13-20(16)22/h5-8,13,19,21,24H,2-4,9-12,14H2,1H3/t19-,21+,22+/m0/s1. The van der Waals surface area contributed by atoms with Gasteiger partial charge in [0.1, 0.15) is 17.3 Å². The summed E-state index contributed by atoms with van der Waals surface area (Å²) in [5.74, 6) is 3.26. The highest BCUT2D eigenvalue weighted by Crippen LogP contribution is 2.56. The van der Waals surface area contributed by atoms with Crippen molar-refractivity contribution in [1.82, 2.24) is 4.90 Å². The van der Waals surface area contributed by atoms with Gasteiger partial charge in [-0.25, -0.2) is 0 Å². The SMILES string of the molecule is Cc1ccc(CN2CC[C@]34CCCC[C@H]3[C@H]2Cc2ccc(O)cc24)o1. The predicted molar refractivity (Wildman–Crippen MR) is 97.7 cm³/mol. The molecule has 1 saturated heterocycles. The van der Waals surface area contributed by atoms with Gasteiger partial charge < -0.3 is 9.52 Å². The molecule has 2 aromatic rings. The maximum atomic E-state index is 10.1. The van der Waals surface area contributed by atoms with E-state index in [0.29, 0.717) is 17.2 Å². The summed E-state index contributed by atoms with van der Waals surface area (Å²) >= 11 is 0. The van der Waals surface area contributed by atoms with Crippen molar-refractivity contribution >= 4 is 0 Å². The lowest BCUT2D eigenvalue weighted by atomic mass is 9.52. The molecule has 132 valence electrons. The second-order valence-corrected chi connectivity index (χ2v) is 8.35. The van der Waals surface area contributed by atoms with Crippen LogP contribution in [0.1, 0.15) is 54.8 Å². The van der Waals surface area contributed by atoms with Crippen LogP contribution in [0, 0.1) is 12.8 Å². The van der Waals surface area contributed by atoms with Gasteiger partial charge in [-0.2, -0.15) is 0 Å². The molecule has 0 radical (unpaired) electrons. The van der Waals surface area contributed by atoms with Gasteiger partial charge >= 0.3 is 0 Å². The largest absolute Gasteiger partial charge is 0.508 e. The molecule has 3 aliphatic rings. The molecule has 2 heterocycles. The van der Waals surface area contributed by atoms with Crippen molar-refractivity contribution in [2.45, 2.75) is 63.5 Å². The molecule has 25 heavy (non-hydrogen) atoms. The van der Waals surface area contributed by atoms with E-state index in [-0.39, 0.29) is 0 Å². The van der Waals surface area contributed by atoms with E-state index in [1.807, 2.05) is 13.0 Å². The van der Waals surface area contributed by atoms with Crippen LogP contribution in [-0.4, -0.2) is 22.6 Å². The molecule has 0 amide bonds. The van der Waals surface area contributed by atoms with Crippen LogP contribution >= 0.6 is 0 Å². The van der Waals surface area contributed by atoms with E-state index in [1.165, 1.54) is 43.2 Å².